The zero-order chi connectivity index (χ0) is 22.1. The number of fused-ring (bicyclic) bond motifs is 2. The van der Waals surface area contributed by atoms with E-state index in [4.69, 9.17) is 9.47 Å². The van der Waals surface area contributed by atoms with Crippen LogP contribution < -0.4 is 14.8 Å². The van der Waals surface area contributed by atoms with Crippen molar-refractivity contribution in [2.45, 2.75) is 31.8 Å². The summed E-state index contributed by atoms with van der Waals surface area (Å²) >= 11 is 0. The zero-order valence-electron chi connectivity index (χ0n) is 17.8. The van der Waals surface area contributed by atoms with Crippen LogP contribution in [0.4, 0.5) is 0 Å². The smallest absolute Gasteiger partial charge is 0.261 e. The van der Waals surface area contributed by atoms with Crippen LogP contribution in [0.15, 0.2) is 48.5 Å². The summed E-state index contributed by atoms with van der Waals surface area (Å²) in [5, 5.41) is 3.02. The molecule has 166 valence electrons. The molecule has 2 heterocycles. The van der Waals surface area contributed by atoms with Crippen molar-refractivity contribution in [3.8, 4) is 11.5 Å². The van der Waals surface area contributed by atoms with E-state index in [1.54, 1.807) is 24.3 Å². The molecular formula is C25H26N2O5. The second-order valence-electron chi connectivity index (χ2n) is 8.66. The van der Waals surface area contributed by atoms with Gasteiger partial charge in [0.05, 0.1) is 17.7 Å². The molecule has 3 aliphatic rings. The first kappa shape index (κ1) is 20.5. The average molecular weight is 434 g/mol. The molecular weight excluding hydrogens is 408 g/mol. The predicted molar refractivity (Wildman–Crippen MR) is 117 cm³/mol. The highest BCUT2D eigenvalue weighted by Gasteiger charge is 2.40. The van der Waals surface area contributed by atoms with E-state index in [1.807, 2.05) is 24.3 Å². The Hall–Kier alpha value is -3.35. The van der Waals surface area contributed by atoms with E-state index in [9.17, 15) is 14.4 Å². The Bertz CT molecular complexity index is 1020. The van der Waals surface area contributed by atoms with Gasteiger partial charge in [-0.2, -0.15) is 0 Å². The molecule has 2 aromatic rings. The molecule has 0 saturated heterocycles. The number of ether oxygens (including phenoxy) is 2. The third-order valence-electron chi connectivity index (χ3n) is 6.61. The van der Waals surface area contributed by atoms with Crippen molar-refractivity contribution in [3.05, 3.63) is 59.7 Å². The lowest BCUT2D eigenvalue weighted by atomic mass is 9.78. The molecule has 3 amide bonds. The van der Waals surface area contributed by atoms with Crippen LogP contribution >= 0.6 is 0 Å². The average Bonchev–Trinajstić information content (AvgIpc) is 3.08. The molecule has 0 spiro atoms. The van der Waals surface area contributed by atoms with Crippen LogP contribution in [-0.4, -0.2) is 48.4 Å². The second kappa shape index (κ2) is 8.65. The summed E-state index contributed by atoms with van der Waals surface area (Å²) < 4.78 is 11.7. The van der Waals surface area contributed by atoms with Gasteiger partial charge in [-0.05, 0) is 43.0 Å². The summed E-state index contributed by atoms with van der Waals surface area (Å²) in [6.45, 7) is 1.00. The molecule has 0 bridgehead atoms. The molecule has 3 unspecified atom stereocenters. The summed E-state index contributed by atoms with van der Waals surface area (Å²) in [4.78, 5) is 39.9. The van der Waals surface area contributed by atoms with Gasteiger partial charge in [-0.15, -0.1) is 0 Å². The van der Waals surface area contributed by atoms with Crippen molar-refractivity contribution in [1.29, 1.82) is 0 Å². The number of nitrogens with zero attached hydrogens (tertiary/aromatic N) is 1. The molecule has 0 radical (unpaired) electrons. The summed E-state index contributed by atoms with van der Waals surface area (Å²) in [6, 6.07) is 14.4. The molecule has 7 nitrogen and oxygen atoms in total. The standard InChI is InChI=1S/C25H26N2O5/c28-23(26-13-17-15-31-21-11-5-6-12-22(21)32-17)18-8-2-1-7-16(18)14-27-24(29)19-9-3-4-10-20(19)25(27)30/h3-6,9-12,16-18H,1-2,7-8,13-15H2,(H,26,28). The van der Waals surface area contributed by atoms with Gasteiger partial charge in [-0.1, -0.05) is 37.1 Å². The van der Waals surface area contributed by atoms with Crippen LogP contribution in [0.2, 0.25) is 0 Å². The van der Waals surface area contributed by atoms with Gasteiger partial charge in [0.25, 0.3) is 11.8 Å². The maximum atomic E-state index is 13.1. The molecule has 1 saturated carbocycles. The van der Waals surface area contributed by atoms with Crippen molar-refractivity contribution >= 4 is 17.7 Å². The Balaban J connectivity index is 1.21. The fraction of sp³-hybridized carbons (Fsp3) is 0.400. The molecule has 5 rings (SSSR count). The van der Waals surface area contributed by atoms with Crippen LogP contribution in [0.3, 0.4) is 0 Å². The van der Waals surface area contributed by atoms with Crippen molar-refractivity contribution in [2.75, 3.05) is 19.7 Å². The Labute approximate surface area is 186 Å². The number of imide groups is 1. The van der Waals surface area contributed by atoms with Crippen LogP contribution in [0, 0.1) is 11.8 Å². The van der Waals surface area contributed by atoms with Gasteiger partial charge in [0.15, 0.2) is 11.5 Å². The minimum Gasteiger partial charge on any atom is -0.486 e. The molecule has 1 aliphatic carbocycles. The third kappa shape index (κ3) is 3.83. The number of carbonyl (C=O) groups is 3. The van der Waals surface area contributed by atoms with E-state index in [0.29, 0.717) is 35.8 Å². The Morgan fingerprint density at radius 1 is 0.938 bits per heavy atom. The fourth-order valence-electron chi connectivity index (χ4n) is 4.92. The molecule has 1 N–H and O–H groups in total. The van der Waals surface area contributed by atoms with Gasteiger partial charge in [-0.25, -0.2) is 0 Å². The van der Waals surface area contributed by atoms with Crippen LogP contribution in [0.1, 0.15) is 46.4 Å². The first-order valence-electron chi connectivity index (χ1n) is 11.2. The lowest BCUT2D eigenvalue weighted by Gasteiger charge is -2.33. The molecule has 7 heteroatoms. The first-order valence-corrected chi connectivity index (χ1v) is 11.2. The molecule has 2 aliphatic heterocycles. The number of rotatable bonds is 5. The molecule has 1 fully saturated rings. The maximum absolute atomic E-state index is 13.1. The maximum Gasteiger partial charge on any atom is 0.261 e. The summed E-state index contributed by atoms with van der Waals surface area (Å²) in [5.41, 5.74) is 0.896. The van der Waals surface area contributed by atoms with E-state index in [-0.39, 0.29) is 42.2 Å². The number of carbonyl (C=O) groups excluding carboxylic acids is 3. The van der Waals surface area contributed by atoms with Crippen LogP contribution in [0.5, 0.6) is 11.5 Å². The second-order valence-corrected chi connectivity index (χ2v) is 8.66. The predicted octanol–water partition coefficient (Wildman–Crippen LogP) is 3.05. The highest BCUT2D eigenvalue weighted by Crippen LogP contribution is 2.34. The zero-order valence-corrected chi connectivity index (χ0v) is 17.8. The number of hydrogen-bond acceptors (Lipinski definition) is 5. The Morgan fingerprint density at radius 2 is 1.59 bits per heavy atom. The molecule has 32 heavy (non-hydrogen) atoms. The molecule has 2 aromatic carbocycles. The SMILES string of the molecule is O=C(NCC1COc2ccccc2O1)C1CCCCC1CN1C(=O)c2ccccc2C1=O. The first-order chi connectivity index (χ1) is 15.6. The summed E-state index contributed by atoms with van der Waals surface area (Å²) in [5.74, 6) is 0.542. The van der Waals surface area contributed by atoms with E-state index >= 15 is 0 Å². The number of para-hydroxylation sites is 2. The van der Waals surface area contributed by atoms with E-state index in [0.717, 1.165) is 25.7 Å². The molecule has 3 atom stereocenters. The van der Waals surface area contributed by atoms with E-state index in [1.165, 1.54) is 4.90 Å². The van der Waals surface area contributed by atoms with E-state index < -0.39 is 0 Å². The number of hydrogen-bond donors (Lipinski definition) is 1. The van der Waals surface area contributed by atoms with Crippen molar-refractivity contribution in [2.24, 2.45) is 11.8 Å². The van der Waals surface area contributed by atoms with Gasteiger partial charge in [0.2, 0.25) is 5.91 Å². The van der Waals surface area contributed by atoms with Gasteiger partial charge in [0, 0.05) is 12.5 Å². The highest BCUT2D eigenvalue weighted by molar-refractivity contribution is 6.21. The number of benzene rings is 2. The lowest BCUT2D eigenvalue weighted by molar-refractivity contribution is -0.128. The molecule has 0 aromatic heterocycles. The normalized spacial score (nSPS) is 24.2. The van der Waals surface area contributed by atoms with Gasteiger partial charge < -0.3 is 14.8 Å². The minimum atomic E-state index is -0.262. The van der Waals surface area contributed by atoms with Gasteiger partial charge >= 0.3 is 0 Å². The number of nitrogens with one attached hydrogen (secondary N) is 1. The Morgan fingerprint density at radius 3 is 2.34 bits per heavy atom. The van der Waals surface area contributed by atoms with Crippen LogP contribution in [-0.2, 0) is 4.79 Å². The third-order valence-corrected chi connectivity index (χ3v) is 6.61. The minimum absolute atomic E-state index is 0.0461. The quantitative estimate of drug-likeness (QED) is 0.732. The lowest BCUT2D eigenvalue weighted by Crippen LogP contribution is -2.46. The van der Waals surface area contributed by atoms with Crippen LogP contribution in [0.25, 0.3) is 0 Å². The highest BCUT2D eigenvalue weighted by atomic mass is 16.6. The summed E-state index contributed by atoms with van der Waals surface area (Å²) in [6.07, 6.45) is 3.28. The monoisotopic (exact) mass is 434 g/mol. The van der Waals surface area contributed by atoms with Crippen molar-refractivity contribution in [1.82, 2.24) is 10.2 Å². The van der Waals surface area contributed by atoms with Gasteiger partial charge in [-0.3, -0.25) is 19.3 Å². The summed E-state index contributed by atoms with van der Waals surface area (Å²) in [7, 11) is 0. The van der Waals surface area contributed by atoms with Crippen molar-refractivity contribution in [3.63, 3.8) is 0 Å². The number of amides is 3. The Kier molecular flexibility index (Phi) is 5.55. The topological polar surface area (TPSA) is 84.9 Å². The van der Waals surface area contributed by atoms with E-state index in [2.05, 4.69) is 5.32 Å². The van der Waals surface area contributed by atoms with Crippen molar-refractivity contribution < 1.29 is 23.9 Å². The largest absolute Gasteiger partial charge is 0.486 e. The van der Waals surface area contributed by atoms with Gasteiger partial charge in [0.1, 0.15) is 12.7 Å². The fourth-order valence-corrected chi connectivity index (χ4v) is 4.92.